The van der Waals surface area contributed by atoms with Crippen LogP contribution in [0.15, 0.2) is 6.20 Å². The van der Waals surface area contributed by atoms with E-state index < -0.39 is 5.97 Å². The predicted molar refractivity (Wildman–Crippen MR) is 64.1 cm³/mol. The number of nitrogens with zero attached hydrogens (tertiary/aromatic N) is 3. The number of methoxy groups -OCH3 is 1. The number of amides is 1. The average molecular weight is 252 g/mol. The third-order valence-electron chi connectivity index (χ3n) is 3.11. The summed E-state index contributed by atoms with van der Waals surface area (Å²) in [6, 6.07) is 0. The summed E-state index contributed by atoms with van der Waals surface area (Å²) < 4.78 is 6.19. The summed E-state index contributed by atoms with van der Waals surface area (Å²) in [7, 11) is 2.98. The number of hydrogen-bond acceptors (Lipinski definition) is 5. The molecule has 1 atom stereocenters. The van der Waals surface area contributed by atoms with Gasteiger partial charge in [-0.25, -0.2) is 4.79 Å². The summed E-state index contributed by atoms with van der Waals surface area (Å²) in [5.41, 5.74) is 5.88. The predicted octanol–water partition coefficient (Wildman–Crippen LogP) is -0.482. The summed E-state index contributed by atoms with van der Waals surface area (Å²) in [5.74, 6) is 0.0574. The van der Waals surface area contributed by atoms with E-state index in [9.17, 15) is 9.59 Å². The van der Waals surface area contributed by atoms with Crippen molar-refractivity contribution in [1.29, 1.82) is 0 Å². The molecule has 2 N–H and O–H groups in total. The first kappa shape index (κ1) is 12.6. The summed E-state index contributed by atoms with van der Waals surface area (Å²) in [5, 5.41) is 4.01. The quantitative estimate of drug-likeness (QED) is 0.734. The van der Waals surface area contributed by atoms with Crippen LogP contribution in [0, 0.1) is 5.92 Å². The fourth-order valence-corrected chi connectivity index (χ4v) is 2.15. The molecule has 18 heavy (non-hydrogen) atoms. The Labute approximate surface area is 104 Å². The number of anilines is 1. The Hall–Kier alpha value is -1.89. The zero-order valence-corrected chi connectivity index (χ0v) is 10.4. The monoisotopic (exact) mass is 252 g/mol. The Morgan fingerprint density at radius 2 is 2.39 bits per heavy atom. The van der Waals surface area contributed by atoms with Crippen LogP contribution in [0.3, 0.4) is 0 Å². The normalized spacial score (nSPS) is 19.4. The lowest BCUT2D eigenvalue weighted by Crippen LogP contribution is -2.29. The van der Waals surface area contributed by atoms with E-state index in [1.807, 2.05) is 0 Å². The molecule has 1 fully saturated rings. The zero-order valence-electron chi connectivity index (χ0n) is 10.4. The van der Waals surface area contributed by atoms with Gasteiger partial charge < -0.3 is 10.5 Å². The summed E-state index contributed by atoms with van der Waals surface area (Å²) in [6.45, 7) is 0.965. The summed E-state index contributed by atoms with van der Waals surface area (Å²) in [4.78, 5) is 25.1. The van der Waals surface area contributed by atoms with E-state index >= 15 is 0 Å². The molecule has 0 aliphatic carbocycles. The Kier molecular flexibility index (Phi) is 3.33. The first-order valence-electron chi connectivity index (χ1n) is 5.69. The van der Waals surface area contributed by atoms with E-state index in [-0.39, 0.29) is 11.8 Å². The first-order valence-corrected chi connectivity index (χ1v) is 5.69. The van der Waals surface area contributed by atoms with E-state index in [2.05, 4.69) is 9.84 Å². The van der Waals surface area contributed by atoms with Crippen molar-refractivity contribution in [2.24, 2.45) is 18.7 Å². The third kappa shape index (κ3) is 1.97. The summed E-state index contributed by atoms with van der Waals surface area (Å²) in [6.07, 6.45) is 1.81. The van der Waals surface area contributed by atoms with Crippen LogP contribution in [0.4, 0.5) is 5.82 Å². The maximum atomic E-state index is 11.9. The van der Waals surface area contributed by atoms with Gasteiger partial charge in [-0.1, -0.05) is 0 Å². The molecule has 7 heteroatoms. The van der Waals surface area contributed by atoms with Gasteiger partial charge in [-0.15, -0.1) is 0 Å². The molecular formula is C11H16N4O3. The topological polar surface area (TPSA) is 90.4 Å². The van der Waals surface area contributed by atoms with E-state index in [1.54, 1.807) is 11.9 Å². The second kappa shape index (κ2) is 4.77. The lowest BCUT2D eigenvalue weighted by atomic mass is 10.1. The SMILES string of the molecule is COC(=O)c1cnn(C)c1N1CC(CN)CC1=O. The summed E-state index contributed by atoms with van der Waals surface area (Å²) >= 11 is 0. The molecule has 7 nitrogen and oxygen atoms in total. The van der Waals surface area contributed by atoms with Crippen LogP contribution in [-0.4, -0.2) is 41.9 Å². The van der Waals surface area contributed by atoms with Crippen LogP contribution in [0.2, 0.25) is 0 Å². The third-order valence-corrected chi connectivity index (χ3v) is 3.11. The Bertz CT molecular complexity index is 483. The van der Waals surface area contributed by atoms with E-state index in [1.165, 1.54) is 18.0 Å². The standard InChI is InChI=1S/C11H16N4O3/c1-14-10(8(5-13-14)11(17)18-2)15-6-7(4-12)3-9(15)16/h5,7H,3-4,6,12H2,1-2H3. The van der Waals surface area contributed by atoms with Crippen molar-refractivity contribution in [2.75, 3.05) is 25.1 Å². The van der Waals surface area contributed by atoms with Gasteiger partial charge in [0.05, 0.1) is 13.3 Å². The van der Waals surface area contributed by atoms with E-state index in [0.29, 0.717) is 30.9 Å². The molecular weight excluding hydrogens is 236 g/mol. The van der Waals surface area contributed by atoms with Crippen LogP contribution >= 0.6 is 0 Å². The van der Waals surface area contributed by atoms with Crippen LogP contribution < -0.4 is 10.6 Å². The van der Waals surface area contributed by atoms with E-state index in [0.717, 1.165) is 0 Å². The van der Waals surface area contributed by atoms with Gasteiger partial charge >= 0.3 is 5.97 Å². The van der Waals surface area contributed by atoms with Crippen LogP contribution in [0.5, 0.6) is 0 Å². The number of carbonyl (C=O) groups is 2. The number of aromatic nitrogens is 2. The van der Waals surface area contributed by atoms with Gasteiger partial charge in [0.2, 0.25) is 5.91 Å². The highest BCUT2D eigenvalue weighted by Gasteiger charge is 2.34. The number of aryl methyl sites for hydroxylation is 1. The van der Waals surface area contributed by atoms with Crippen LogP contribution in [0.1, 0.15) is 16.8 Å². The minimum atomic E-state index is -0.498. The van der Waals surface area contributed by atoms with Gasteiger partial charge in [0.25, 0.3) is 0 Å². The molecule has 0 spiro atoms. The number of carbonyl (C=O) groups excluding carboxylic acids is 2. The smallest absolute Gasteiger partial charge is 0.343 e. The minimum absolute atomic E-state index is 0.0424. The zero-order chi connectivity index (χ0) is 13.3. The van der Waals surface area contributed by atoms with Crippen molar-refractivity contribution in [1.82, 2.24) is 9.78 Å². The van der Waals surface area contributed by atoms with E-state index in [4.69, 9.17) is 5.73 Å². The van der Waals surface area contributed by atoms with Crippen LogP contribution in [0.25, 0.3) is 0 Å². The van der Waals surface area contributed by atoms with Crippen molar-refractivity contribution >= 4 is 17.7 Å². The molecule has 1 aromatic heterocycles. The molecule has 1 amide bonds. The molecule has 2 rings (SSSR count). The van der Waals surface area contributed by atoms with Gasteiger partial charge in [0.1, 0.15) is 11.4 Å². The molecule has 98 valence electrons. The van der Waals surface area contributed by atoms with Gasteiger partial charge in [-0.2, -0.15) is 5.10 Å². The molecule has 1 aromatic rings. The Morgan fingerprint density at radius 1 is 1.67 bits per heavy atom. The van der Waals surface area contributed by atoms with Gasteiger partial charge in [0, 0.05) is 20.0 Å². The second-order valence-electron chi connectivity index (χ2n) is 4.31. The molecule has 2 heterocycles. The molecule has 0 aromatic carbocycles. The largest absolute Gasteiger partial charge is 0.465 e. The van der Waals surface area contributed by atoms with Crippen molar-refractivity contribution < 1.29 is 14.3 Å². The molecule has 1 aliphatic rings. The molecule has 0 bridgehead atoms. The highest BCUT2D eigenvalue weighted by atomic mass is 16.5. The first-order chi connectivity index (χ1) is 8.58. The van der Waals surface area contributed by atoms with Crippen molar-refractivity contribution in [3.63, 3.8) is 0 Å². The lowest BCUT2D eigenvalue weighted by Gasteiger charge is -2.17. The highest BCUT2D eigenvalue weighted by Crippen LogP contribution is 2.27. The fourth-order valence-electron chi connectivity index (χ4n) is 2.15. The number of esters is 1. The van der Waals surface area contributed by atoms with Crippen molar-refractivity contribution in [2.45, 2.75) is 6.42 Å². The van der Waals surface area contributed by atoms with Gasteiger partial charge in [-0.05, 0) is 12.5 Å². The van der Waals surface area contributed by atoms with Crippen LogP contribution in [-0.2, 0) is 16.6 Å². The maximum absolute atomic E-state index is 11.9. The molecule has 1 aliphatic heterocycles. The molecule has 0 saturated carbocycles. The Morgan fingerprint density at radius 3 is 2.94 bits per heavy atom. The fraction of sp³-hybridized carbons (Fsp3) is 0.545. The number of rotatable bonds is 3. The highest BCUT2D eigenvalue weighted by molar-refractivity contribution is 6.02. The average Bonchev–Trinajstić information content (AvgIpc) is 2.91. The maximum Gasteiger partial charge on any atom is 0.343 e. The molecule has 1 saturated heterocycles. The Balaban J connectivity index is 2.36. The molecule has 0 radical (unpaired) electrons. The number of nitrogens with two attached hydrogens (primary N) is 1. The lowest BCUT2D eigenvalue weighted by molar-refractivity contribution is -0.117. The van der Waals surface area contributed by atoms with Crippen molar-refractivity contribution in [3.05, 3.63) is 11.8 Å². The number of ether oxygens (including phenoxy) is 1. The number of hydrogen-bond donors (Lipinski definition) is 1. The van der Waals surface area contributed by atoms with Crippen molar-refractivity contribution in [3.8, 4) is 0 Å². The van der Waals surface area contributed by atoms with Gasteiger partial charge in [-0.3, -0.25) is 14.4 Å². The molecule has 1 unspecified atom stereocenters. The second-order valence-corrected chi connectivity index (χ2v) is 4.31. The van der Waals surface area contributed by atoms with Gasteiger partial charge in [0.15, 0.2) is 0 Å². The minimum Gasteiger partial charge on any atom is -0.465 e.